The molecule has 1 saturated carbocycles. The van der Waals surface area contributed by atoms with Crippen LogP contribution in [0.15, 0.2) is 12.3 Å². The Labute approximate surface area is 195 Å². The van der Waals surface area contributed by atoms with Crippen molar-refractivity contribution in [2.75, 3.05) is 49.2 Å². The third kappa shape index (κ3) is 5.98. The standard InChI is InChI=1S/C23H35FN8O/c1-3-31-11-7-10-18(31)15-32(14-16-8-5-4-6-9-16)23-29-21(25)28-22(30-23)27-17-12-19(24)20(33-2)26-13-17/h12-13,16,18H,3-11,14-15H2,1-2H3,(H3,25,27,28,29,30). The number of hydrogen-bond donors (Lipinski definition) is 2. The molecule has 2 aromatic heterocycles. The Morgan fingerprint density at radius 1 is 1.15 bits per heavy atom. The molecular formula is C23H35FN8O. The van der Waals surface area contributed by atoms with Gasteiger partial charge in [-0.2, -0.15) is 15.0 Å². The summed E-state index contributed by atoms with van der Waals surface area (Å²) in [5.74, 6) is 0.981. The molecule has 1 aliphatic carbocycles. The number of methoxy groups -OCH3 is 1. The van der Waals surface area contributed by atoms with Gasteiger partial charge in [-0.3, -0.25) is 4.90 Å². The van der Waals surface area contributed by atoms with Crippen LogP contribution in [-0.4, -0.2) is 64.2 Å². The molecule has 33 heavy (non-hydrogen) atoms. The first-order chi connectivity index (χ1) is 16.1. The van der Waals surface area contributed by atoms with Crippen LogP contribution in [-0.2, 0) is 0 Å². The Morgan fingerprint density at radius 2 is 1.97 bits per heavy atom. The van der Waals surface area contributed by atoms with Crippen molar-refractivity contribution in [2.45, 2.75) is 57.9 Å². The second-order valence-corrected chi connectivity index (χ2v) is 8.99. The van der Waals surface area contributed by atoms with E-state index >= 15 is 0 Å². The van der Waals surface area contributed by atoms with Gasteiger partial charge in [-0.05, 0) is 44.7 Å². The summed E-state index contributed by atoms with van der Waals surface area (Å²) in [5, 5.41) is 3.01. The molecule has 2 aromatic rings. The van der Waals surface area contributed by atoms with E-state index in [1.165, 1.54) is 64.3 Å². The first-order valence-corrected chi connectivity index (χ1v) is 12.0. The molecule has 1 unspecified atom stereocenters. The first kappa shape index (κ1) is 23.4. The Hall–Kier alpha value is -2.75. The summed E-state index contributed by atoms with van der Waals surface area (Å²) < 4.78 is 19.0. The third-order valence-electron chi connectivity index (χ3n) is 6.72. The lowest BCUT2D eigenvalue weighted by Gasteiger charge is -2.34. The van der Waals surface area contributed by atoms with Crippen LogP contribution in [0.5, 0.6) is 5.88 Å². The van der Waals surface area contributed by atoms with Crippen LogP contribution in [0, 0.1) is 11.7 Å². The molecule has 0 bridgehead atoms. The number of hydrogen-bond acceptors (Lipinski definition) is 9. The molecule has 2 fully saturated rings. The van der Waals surface area contributed by atoms with Crippen molar-refractivity contribution in [3.63, 3.8) is 0 Å². The molecule has 3 N–H and O–H groups in total. The molecule has 0 radical (unpaired) electrons. The van der Waals surface area contributed by atoms with Gasteiger partial charge in [-0.15, -0.1) is 0 Å². The van der Waals surface area contributed by atoms with Crippen molar-refractivity contribution in [3.8, 4) is 5.88 Å². The Bertz CT molecular complexity index is 923. The minimum absolute atomic E-state index is 0.0629. The number of nitrogen functional groups attached to an aromatic ring is 1. The predicted octanol–water partition coefficient (Wildman–Crippen LogP) is 3.61. The number of aromatic nitrogens is 4. The summed E-state index contributed by atoms with van der Waals surface area (Å²) in [4.78, 5) is 22.2. The SMILES string of the molecule is CCN1CCCC1CN(CC1CCCCC1)c1nc(N)nc(Nc2cnc(OC)c(F)c2)n1. The molecule has 2 aliphatic rings. The molecule has 1 aliphatic heterocycles. The number of likely N-dealkylation sites (N-methyl/N-ethyl adjacent to an activating group) is 1. The van der Waals surface area contributed by atoms with Gasteiger partial charge in [0.05, 0.1) is 19.0 Å². The molecule has 1 saturated heterocycles. The molecule has 10 heteroatoms. The number of pyridine rings is 1. The van der Waals surface area contributed by atoms with Gasteiger partial charge in [0.25, 0.3) is 0 Å². The number of nitrogens with zero attached hydrogens (tertiary/aromatic N) is 6. The second-order valence-electron chi connectivity index (χ2n) is 8.99. The van der Waals surface area contributed by atoms with E-state index in [0.29, 0.717) is 23.6 Å². The number of anilines is 4. The van der Waals surface area contributed by atoms with Crippen molar-refractivity contribution in [2.24, 2.45) is 5.92 Å². The maximum atomic E-state index is 14.1. The zero-order valence-corrected chi connectivity index (χ0v) is 19.6. The summed E-state index contributed by atoms with van der Waals surface area (Å²) in [6.07, 6.45) is 10.2. The van der Waals surface area contributed by atoms with Crippen LogP contribution in [0.4, 0.5) is 27.9 Å². The summed E-state index contributed by atoms with van der Waals surface area (Å²) in [6.45, 7) is 6.18. The van der Waals surface area contributed by atoms with Crippen molar-refractivity contribution in [1.29, 1.82) is 0 Å². The fraction of sp³-hybridized carbons (Fsp3) is 0.652. The molecule has 180 valence electrons. The summed E-state index contributed by atoms with van der Waals surface area (Å²) in [5.41, 5.74) is 6.49. The normalized spacial score (nSPS) is 19.5. The highest BCUT2D eigenvalue weighted by Crippen LogP contribution is 2.28. The molecule has 1 atom stereocenters. The van der Waals surface area contributed by atoms with Gasteiger partial charge in [-0.25, -0.2) is 9.37 Å². The van der Waals surface area contributed by atoms with Crippen molar-refractivity contribution < 1.29 is 9.13 Å². The zero-order valence-electron chi connectivity index (χ0n) is 19.6. The van der Waals surface area contributed by atoms with Gasteiger partial charge in [0.2, 0.25) is 23.7 Å². The Morgan fingerprint density at radius 3 is 2.70 bits per heavy atom. The van der Waals surface area contributed by atoms with E-state index < -0.39 is 5.82 Å². The average Bonchev–Trinajstić information content (AvgIpc) is 3.26. The van der Waals surface area contributed by atoms with Gasteiger partial charge in [0.15, 0.2) is 5.82 Å². The van der Waals surface area contributed by atoms with Crippen LogP contribution in [0.1, 0.15) is 51.9 Å². The molecule has 4 rings (SSSR count). The zero-order chi connectivity index (χ0) is 23.2. The van der Waals surface area contributed by atoms with Crippen molar-refractivity contribution in [1.82, 2.24) is 24.8 Å². The Balaban J connectivity index is 1.57. The molecular weight excluding hydrogens is 423 g/mol. The van der Waals surface area contributed by atoms with E-state index in [1.807, 2.05) is 0 Å². The van der Waals surface area contributed by atoms with E-state index in [2.05, 4.69) is 42.0 Å². The molecule has 0 spiro atoms. The van der Waals surface area contributed by atoms with Crippen LogP contribution >= 0.6 is 0 Å². The minimum atomic E-state index is -0.565. The maximum absolute atomic E-state index is 14.1. The van der Waals surface area contributed by atoms with Gasteiger partial charge in [-0.1, -0.05) is 26.2 Å². The van der Waals surface area contributed by atoms with Gasteiger partial charge in [0, 0.05) is 25.2 Å². The highest BCUT2D eigenvalue weighted by molar-refractivity contribution is 5.55. The molecule has 9 nitrogen and oxygen atoms in total. The van der Waals surface area contributed by atoms with Gasteiger partial charge < -0.3 is 20.7 Å². The lowest BCUT2D eigenvalue weighted by atomic mass is 9.89. The quantitative estimate of drug-likeness (QED) is 0.583. The molecule has 3 heterocycles. The molecule has 0 aromatic carbocycles. The van der Waals surface area contributed by atoms with Gasteiger partial charge in [0.1, 0.15) is 0 Å². The van der Waals surface area contributed by atoms with E-state index in [9.17, 15) is 4.39 Å². The predicted molar refractivity (Wildman–Crippen MR) is 127 cm³/mol. The highest BCUT2D eigenvalue weighted by Gasteiger charge is 2.28. The van der Waals surface area contributed by atoms with Crippen molar-refractivity contribution >= 4 is 23.5 Å². The number of halogens is 1. The van der Waals surface area contributed by atoms with Gasteiger partial charge >= 0.3 is 0 Å². The third-order valence-corrected chi connectivity index (χ3v) is 6.72. The second kappa shape index (κ2) is 10.9. The van der Waals surface area contributed by atoms with Crippen LogP contribution in [0.25, 0.3) is 0 Å². The van der Waals surface area contributed by atoms with Crippen LogP contribution < -0.4 is 20.7 Å². The summed E-state index contributed by atoms with van der Waals surface area (Å²) in [6, 6.07) is 1.77. The molecule has 0 amide bonds. The fourth-order valence-corrected chi connectivity index (χ4v) is 5.04. The van der Waals surface area contributed by atoms with E-state index in [-0.39, 0.29) is 17.8 Å². The number of ether oxygens (including phenoxy) is 1. The van der Waals surface area contributed by atoms with Crippen molar-refractivity contribution in [3.05, 3.63) is 18.1 Å². The average molecular weight is 459 g/mol. The largest absolute Gasteiger partial charge is 0.479 e. The monoisotopic (exact) mass is 458 g/mol. The first-order valence-electron chi connectivity index (χ1n) is 12.0. The van der Waals surface area contributed by atoms with Crippen LogP contribution in [0.3, 0.4) is 0 Å². The van der Waals surface area contributed by atoms with E-state index in [4.69, 9.17) is 10.5 Å². The number of likely N-dealkylation sites (tertiary alicyclic amines) is 1. The van der Waals surface area contributed by atoms with Crippen LogP contribution in [0.2, 0.25) is 0 Å². The Kier molecular flexibility index (Phi) is 7.74. The maximum Gasteiger partial charge on any atom is 0.250 e. The lowest BCUT2D eigenvalue weighted by Crippen LogP contribution is -2.43. The topological polar surface area (TPSA) is 105 Å². The van der Waals surface area contributed by atoms with E-state index in [1.54, 1.807) is 0 Å². The number of rotatable bonds is 9. The highest BCUT2D eigenvalue weighted by atomic mass is 19.1. The number of nitrogens with two attached hydrogens (primary N) is 1. The minimum Gasteiger partial charge on any atom is -0.479 e. The summed E-state index contributed by atoms with van der Waals surface area (Å²) in [7, 11) is 1.38. The summed E-state index contributed by atoms with van der Waals surface area (Å²) >= 11 is 0. The van der Waals surface area contributed by atoms with E-state index in [0.717, 1.165) is 26.2 Å². The number of nitrogens with one attached hydrogen (secondary N) is 1. The smallest absolute Gasteiger partial charge is 0.250 e. The lowest BCUT2D eigenvalue weighted by molar-refractivity contribution is 0.262. The fourth-order valence-electron chi connectivity index (χ4n) is 5.04.